The zero-order valence-corrected chi connectivity index (χ0v) is 10.4. The highest BCUT2D eigenvalue weighted by Crippen LogP contribution is 2.14. The zero-order chi connectivity index (χ0) is 11.4. The second-order valence-corrected chi connectivity index (χ2v) is 4.50. The van der Waals surface area contributed by atoms with Crippen molar-refractivity contribution < 1.29 is 4.79 Å². The van der Waals surface area contributed by atoms with Gasteiger partial charge in [0.05, 0.1) is 23.8 Å². The van der Waals surface area contributed by atoms with E-state index in [1.807, 2.05) is 26.4 Å². The molecule has 0 aliphatic carbocycles. The Kier molecular flexibility index (Phi) is 4.23. The summed E-state index contributed by atoms with van der Waals surface area (Å²) in [5.41, 5.74) is 2.82. The molecule has 1 N–H and O–H groups in total. The molecule has 1 atom stereocenters. The quantitative estimate of drug-likeness (QED) is 0.835. The van der Waals surface area contributed by atoms with Crippen molar-refractivity contribution in [3.05, 3.63) is 16.1 Å². The van der Waals surface area contributed by atoms with Crippen LogP contribution in [0.3, 0.4) is 0 Å². The average Bonchev–Trinajstić information content (AvgIpc) is 2.62. The van der Waals surface area contributed by atoms with Crippen LogP contribution in [0.1, 0.15) is 17.5 Å². The number of carbonyl (C=O) groups excluding carboxylic acids is 1. The van der Waals surface area contributed by atoms with E-state index in [2.05, 4.69) is 10.3 Å². The number of carbonyl (C=O) groups is 1. The molecule has 15 heavy (non-hydrogen) atoms. The largest absolute Gasteiger partial charge is 0.339 e. The van der Waals surface area contributed by atoms with Crippen molar-refractivity contribution in [3.63, 3.8) is 0 Å². The SMILES string of the molecule is CNC(C)C(=O)N(C)Cc1scnc1C. The van der Waals surface area contributed by atoms with Crippen LogP contribution < -0.4 is 5.32 Å². The third-order valence-corrected chi connectivity index (χ3v) is 3.33. The molecule has 4 nitrogen and oxygen atoms in total. The van der Waals surface area contributed by atoms with Crippen LogP contribution in [0.25, 0.3) is 0 Å². The Morgan fingerprint density at radius 2 is 2.40 bits per heavy atom. The van der Waals surface area contributed by atoms with Crippen molar-refractivity contribution in [3.8, 4) is 0 Å². The van der Waals surface area contributed by atoms with Crippen molar-refractivity contribution in [1.82, 2.24) is 15.2 Å². The Bertz CT molecular complexity index is 337. The second-order valence-electron chi connectivity index (χ2n) is 3.57. The summed E-state index contributed by atoms with van der Waals surface area (Å²) in [5.74, 6) is 0.102. The van der Waals surface area contributed by atoms with E-state index < -0.39 is 0 Å². The monoisotopic (exact) mass is 227 g/mol. The average molecular weight is 227 g/mol. The van der Waals surface area contributed by atoms with Gasteiger partial charge in [0.15, 0.2) is 0 Å². The van der Waals surface area contributed by atoms with E-state index in [4.69, 9.17) is 0 Å². The molecule has 0 saturated carbocycles. The Hall–Kier alpha value is -0.940. The molecule has 1 aromatic heterocycles. The summed E-state index contributed by atoms with van der Waals surface area (Å²) >= 11 is 1.59. The van der Waals surface area contributed by atoms with E-state index >= 15 is 0 Å². The van der Waals surface area contributed by atoms with Gasteiger partial charge in [0, 0.05) is 11.9 Å². The zero-order valence-electron chi connectivity index (χ0n) is 9.57. The first kappa shape index (κ1) is 12.1. The lowest BCUT2D eigenvalue weighted by atomic mass is 10.3. The molecule has 0 aliphatic rings. The van der Waals surface area contributed by atoms with Crippen molar-refractivity contribution in [2.45, 2.75) is 26.4 Å². The number of nitrogens with zero attached hydrogens (tertiary/aromatic N) is 2. The van der Waals surface area contributed by atoms with E-state index in [1.165, 1.54) is 0 Å². The predicted octanol–water partition coefficient (Wildman–Crippen LogP) is 1.02. The summed E-state index contributed by atoms with van der Waals surface area (Å²) < 4.78 is 0. The molecule has 0 radical (unpaired) electrons. The van der Waals surface area contributed by atoms with E-state index in [1.54, 1.807) is 23.3 Å². The third kappa shape index (κ3) is 3.00. The van der Waals surface area contributed by atoms with Crippen molar-refractivity contribution in [1.29, 1.82) is 0 Å². The Morgan fingerprint density at radius 1 is 1.73 bits per heavy atom. The summed E-state index contributed by atoms with van der Waals surface area (Å²) in [5, 5.41) is 2.94. The van der Waals surface area contributed by atoms with Gasteiger partial charge in [-0.25, -0.2) is 4.98 Å². The summed E-state index contributed by atoms with van der Waals surface area (Å²) in [6.45, 7) is 4.46. The summed E-state index contributed by atoms with van der Waals surface area (Å²) in [6.07, 6.45) is 0. The number of amides is 1. The van der Waals surface area contributed by atoms with Crippen LogP contribution >= 0.6 is 11.3 Å². The van der Waals surface area contributed by atoms with Crippen LogP contribution in [0.5, 0.6) is 0 Å². The van der Waals surface area contributed by atoms with Gasteiger partial charge in [0.1, 0.15) is 0 Å². The lowest BCUT2D eigenvalue weighted by Crippen LogP contribution is -2.41. The molecule has 0 aromatic carbocycles. The lowest BCUT2D eigenvalue weighted by molar-refractivity contribution is -0.132. The molecule has 1 amide bonds. The maximum absolute atomic E-state index is 11.8. The number of aromatic nitrogens is 1. The highest BCUT2D eigenvalue weighted by atomic mass is 32.1. The second kappa shape index (κ2) is 5.23. The Balaban J connectivity index is 2.60. The number of aryl methyl sites for hydroxylation is 1. The van der Waals surface area contributed by atoms with Gasteiger partial charge in [-0.3, -0.25) is 4.79 Å². The highest BCUT2D eigenvalue weighted by Gasteiger charge is 2.16. The minimum atomic E-state index is -0.136. The summed E-state index contributed by atoms with van der Waals surface area (Å²) in [6, 6.07) is -0.136. The molecule has 0 saturated heterocycles. The summed E-state index contributed by atoms with van der Waals surface area (Å²) in [7, 11) is 3.60. The molecule has 0 bridgehead atoms. The van der Waals surface area contributed by atoms with Crippen LogP contribution in [-0.4, -0.2) is 35.9 Å². The first-order valence-electron chi connectivity index (χ1n) is 4.87. The van der Waals surface area contributed by atoms with Crippen molar-refractivity contribution in [2.75, 3.05) is 14.1 Å². The van der Waals surface area contributed by atoms with Crippen LogP contribution in [0.2, 0.25) is 0 Å². The topological polar surface area (TPSA) is 45.2 Å². The minimum absolute atomic E-state index is 0.102. The molecule has 5 heteroatoms. The van der Waals surface area contributed by atoms with Gasteiger partial charge in [-0.1, -0.05) is 0 Å². The van der Waals surface area contributed by atoms with Gasteiger partial charge in [-0.15, -0.1) is 11.3 Å². The smallest absolute Gasteiger partial charge is 0.239 e. The van der Waals surface area contributed by atoms with Gasteiger partial charge in [-0.2, -0.15) is 0 Å². The summed E-state index contributed by atoms with van der Waals surface area (Å²) in [4.78, 5) is 18.8. The van der Waals surface area contributed by atoms with Crippen molar-refractivity contribution in [2.24, 2.45) is 0 Å². The molecule has 0 fully saturated rings. The number of thiazole rings is 1. The first-order valence-corrected chi connectivity index (χ1v) is 5.75. The van der Waals surface area contributed by atoms with Crippen LogP contribution in [0.15, 0.2) is 5.51 Å². The number of hydrogen-bond donors (Lipinski definition) is 1. The number of hydrogen-bond acceptors (Lipinski definition) is 4. The number of nitrogens with one attached hydrogen (secondary N) is 1. The van der Waals surface area contributed by atoms with Crippen LogP contribution in [0.4, 0.5) is 0 Å². The number of likely N-dealkylation sites (N-methyl/N-ethyl adjacent to an activating group) is 2. The maximum Gasteiger partial charge on any atom is 0.239 e. The molecular formula is C10H17N3OS. The molecule has 84 valence electrons. The Morgan fingerprint density at radius 3 is 2.87 bits per heavy atom. The van der Waals surface area contributed by atoms with Gasteiger partial charge in [0.2, 0.25) is 5.91 Å². The maximum atomic E-state index is 11.8. The molecule has 0 aliphatic heterocycles. The highest BCUT2D eigenvalue weighted by molar-refractivity contribution is 7.09. The molecule has 1 rings (SSSR count). The van der Waals surface area contributed by atoms with Crippen LogP contribution in [-0.2, 0) is 11.3 Å². The molecule has 1 heterocycles. The van der Waals surface area contributed by atoms with Gasteiger partial charge < -0.3 is 10.2 Å². The van der Waals surface area contributed by atoms with E-state index in [0.29, 0.717) is 6.54 Å². The van der Waals surface area contributed by atoms with Crippen molar-refractivity contribution >= 4 is 17.2 Å². The molecule has 1 unspecified atom stereocenters. The first-order chi connectivity index (χ1) is 7.06. The molecule has 1 aromatic rings. The predicted molar refractivity (Wildman–Crippen MR) is 61.8 cm³/mol. The normalized spacial score (nSPS) is 12.5. The van der Waals surface area contributed by atoms with E-state index in [0.717, 1.165) is 10.6 Å². The molecule has 0 spiro atoms. The minimum Gasteiger partial charge on any atom is -0.339 e. The molecular weight excluding hydrogens is 210 g/mol. The van der Waals surface area contributed by atoms with Gasteiger partial charge in [0.25, 0.3) is 0 Å². The van der Waals surface area contributed by atoms with Gasteiger partial charge in [-0.05, 0) is 20.9 Å². The number of rotatable bonds is 4. The fourth-order valence-corrected chi connectivity index (χ4v) is 2.05. The van der Waals surface area contributed by atoms with E-state index in [9.17, 15) is 4.79 Å². The van der Waals surface area contributed by atoms with Gasteiger partial charge >= 0.3 is 0 Å². The van der Waals surface area contributed by atoms with E-state index in [-0.39, 0.29) is 11.9 Å². The lowest BCUT2D eigenvalue weighted by Gasteiger charge is -2.20. The third-order valence-electron chi connectivity index (χ3n) is 2.41. The fraction of sp³-hybridized carbons (Fsp3) is 0.600. The van der Waals surface area contributed by atoms with Crippen LogP contribution in [0, 0.1) is 6.92 Å². The Labute approximate surface area is 94.3 Å². The fourth-order valence-electron chi connectivity index (χ4n) is 1.23. The standard InChI is InChI=1S/C10H17N3OS/c1-7-9(15-6-12-7)5-13(4)10(14)8(2)11-3/h6,8,11H,5H2,1-4H3.